The average Bonchev–Trinajstić information content (AvgIpc) is 2.27. The summed E-state index contributed by atoms with van der Waals surface area (Å²) >= 11 is 0. The maximum atomic E-state index is 8.78. The summed E-state index contributed by atoms with van der Waals surface area (Å²) in [5.74, 6) is 0. The number of benzene rings is 1. The first-order chi connectivity index (χ1) is 8.01. The summed E-state index contributed by atoms with van der Waals surface area (Å²) in [6.07, 6.45) is 0. The van der Waals surface area contributed by atoms with Crippen LogP contribution in [0.1, 0.15) is 31.9 Å². The molecule has 17 heavy (non-hydrogen) atoms. The molecule has 0 radical (unpaired) electrons. The van der Waals surface area contributed by atoms with Gasteiger partial charge >= 0.3 is 0 Å². The maximum Gasteiger partial charge on any atom is 0.0991 e. The van der Waals surface area contributed by atoms with Crippen LogP contribution in [0.3, 0.4) is 0 Å². The van der Waals surface area contributed by atoms with E-state index in [4.69, 9.17) is 5.26 Å². The van der Waals surface area contributed by atoms with Crippen LogP contribution >= 0.6 is 0 Å². The molecule has 0 heterocycles. The van der Waals surface area contributed by atoms with E-state index >= 15 is 0 Å². The minimum Gasteiger partial charge on any atom is -0.311 e. The third kappa shape index (κ3) is 6.06. The summed E-state index contributed by atoms with van der Waals surface area (Å²) in [6.45, 7) is 9.15. The van der Waals surface area contributed by atoms with Crippen molar-refractivity contribution in [3.05, 3.63) is 35.4 Å². The highest BCUT2D eigenvalue weighted by atomic mass is 15.0. The second-order valence-corrected chi connectivity index (χ2v) is 5.17. The third-order valence-corrected chi connectivity index (χ3v) is 2.34. The van der Waals surface area contributed by atoms with Gasteiger partial charge in [-0.05, 0) is 38.5 Å². The van der Waals surface area contributed by atoms with Crippen LogP contribution in [-0.2, 0) is 6.54 Å². The zero-order valence-corrected chi connectivity index (χ0v) is 10.9. The Hall–Kier alpha value is -1.37. The van der Waals surface area contributed by atoms with E-state index in [2.05, 4.69) is 37.5 Å². The molecule has 0 aromatic heterocycles. The SMILES string of the molecule is CC(C)(C)NCCNCc1cccc(C#N)c1. The monoisotopic (exact) mass is 231 g/mol. The largest absolute Gasteiger partial charge is 0.311 e. The smallest absolute Gasteiger partial charge is 0.0991 e. The molecule has 0 aliphatic heterocycles. The lowest BCUT2D eigenvalue weighted by Gasteiger charge is -2.20. The van der Waals surface area contributed by atoms with E-state index in [-0.39, 0.29) is 5.54 Å². The number of rotatable bonds is 5. The van der Waals surface area contributed by atoms with E-state index in [0.717, 1.165) is 30.8 Å². The molecular weight excluding hydrogens is 210 g/mol. The molecule has 0 aliphatic rings. The Kier molecular flexibility index (Phi) is 5.14. The maximum absolute atomic E-state index is 8.78. The van der Waals surface area contributed by atoms with Crippen LogP contribution in [0, 0.1) is 11.3 Å². The van der Waals surface area contributed by atoms with Gasteiger partial charge in [0.25, 0.3) is 0 Å². The topological polar surface area (TPSA) is 47.8 Å². The van der Waals surface area contributed by atoms with Gasteiger partial charge in [0.05, 0.1) is 11.6 Å². The number of nitriles is 1. The Morgan fingerprint density at radius 3 is 2.65 bits per heavy atom. The second-order valence-electron chi connectivity index (χ2n) is 5.17. The Labute approximate surface area is 104 Å². The minimum absolute atomic E-state index is 0.169. The lowest BCUT2D eigenvalue weighted by Crippen LogP contribution is -2.40. The van der Waals surface area contributed by atoms with Crippen molar-refractivity contribution < 1.29 is 0 Å². The number of hydrogen-bond donors (Lipinski definition) is 2. The zero-order chi connectivity index (χ0) is 12.7. The highest BCUT2D eigenvalue weighted by Gasteiger charge is 2.06. The molecule has 0 unspecified atom stereocenters. The van der Waals surface area contributed by atoms with Crippen LogP contribution in [0.25, 0.3) is 0 Å². The molecule has 92 valence electrons. The minimum atomic E-state index is 0.169. The highest BCUT2D eigenvalue weighted by Crippen LogP contribution is 2.03. The van der Waals surface area contributed by atoms with Crippen molar-refractivity contribution in [2.45, 2.75) is 32.9 Å². The van der Waals surface area contributed by atoms with Gasteiger partial charge in [-0.15, -0.1) is 0 Å². The van der Waals surface area contributed by atoms with E-state index in [9.17, 15) is 0 Å². The van der Waals surface area contributed by atoms with Crippen molar-refractivity contribution in [1.29, 1.82) is 5.26 Å². The Morgan fingerprint density at radius 1 is 1.24 bits per heavy atom. The van der Waals surface area contributed by atoms with Crippen molar-refractivity contribution in [2.24, 2.45) is 0 Å². The van der Waals surface area contributed by atoms with Crippen LogP contribution in [0.5, 0.6) is 0 Å². The predicted molar refractivity (Wildman–Crippen MR) is 70.6 cm³/mol. The van der Waals surface area contributed by atoms with Crippen molar-refractivity contribution in [3.63, 3.8) is 0 Å². The summed E-state index contributed by atoms with van der Waals surface area (Å²) in [5, 5.41) is 15.6. The Bertz CT molecular complexity index is 385. The predicted octanol–water partition coefficient (Wildman–Crippen LogP) is 2.04. The van der Waals surface area contributed by atoms with Crippen molar-refractivity contribution >= 4 is 0 Å². The van der Waals surface area contributed by atoms with Crippen LogP contribution in [0.15, 0.2) is 24.3 Å². The summed E-state index contributed by atoms with van der Waals surface area (Å²) in [4.78, 5) is 0. The van der Waals surface area contributed by atoms with Gasteiger partial charge in [-0.25, -0.2) is 0 Å². The molecular formula is C14H21N3. The molecule has 3 nitrogen and oxygen atoms in total. The van der Waals surface area contributed by atoms with Gasteiger partial charge < -0.3 is 10.6 Å². The van der Waals surface area contributed by atoms with Crippen molar-refractivity contribution in [3.8, 4) is 6.07 Å². The van der Waals surface area contributed by atoms with E-state index in [0.29, 0.717) is 0 Å². The number of nitrogens with zero attached hydrogens (tertiary/aromatic N) is 1. The summed E-state index contributed by atoms with van der Waals surface area (Å²) in [6, 6.07) is 9.85. The molecule has 0 spiro atoms. The van der Waals surface area contributed by atoms with E-state index in [1.807, 2.05) is 24.3 Å². The Balaban J connectivity index is 2.25. The van der Waals surface area contributed by atoms with Crippen LogP contribution in [0.4, 0.5) is 0 Å². The normalized spacial score (nSPS) is 11.2. The molecule has 1 aromatic carbocycles. The zero-order valence-electron chi connectivity index (χ0n) is 10.9. The molecule has 1 aromatic rings. The van der Waals surface area contributed by atoms with Gasteiger partial charge in [0.15, 0.2) is 0 Å². The summed E-state index contributed by atoms with van der Waals surface area (Å²) in [7, 11) is 0. The van der Waals surface area contributed by atoms with Crippen molar-refractivity contribution in [2.75, 3.05) is 13.1 Å². The molecule has 0 saturated heterocycles. The first-order valence-electron chi connectivity index (χ1n) is 5.96. The van der Waals surface area contributed by atoms with Crippen LogP contribution in [0.2, 0.25) is 0 Å². The first kappa shape index (κ1) is 13.7. The first-order valence-corrected chi connectivity index (χ1v) is 5.96. The molecule has 1 rings (SSSR count). The van der Waals surface area contributed by atoms with Gasteiger partial charge in [-0.3, -0.25) is 0 Å². The molecule has 0 bridgehead atoms. The molecule has 2 N–H and O–H groups in total. The molecule has 0 saturated carbocycles. The standard InChI is InChI=1S/C14H21N3/c1-14(2,3)17-8-7-16-11-13-6-4-5-12(9-13)10-15/h4-6,9,16-17H,7-8,11H2,1-3H3. The third-order valence-electron chi connectivity index (χ3n) is 2.34. The molecule has 0 aliphatic carbocycles. The number of hydrogen-bond acceptors (Lipinski definition) is 3. The van der Waals surface area contributed by atoms with Gasteiger partial charge in [0.1, 0.15) is 0 Å². The van der Waals surface area contributed by atoms with Gasteiger partial charge in [0, 0.05) is 25.2 Å². The Morgan fingerprint density at radius 2 is 2.00 bits per heavy atom. The van der Waals surface area contributed by atoms with Crippen LogP contribution < -0.4 is 10.6 Å². The van der Waals surface area contributed by atoms with E-state index in [1.54, 1.807) is 0 Å². The highest BCUT2D eigenvalue weighted by molar-refractivity contribution is 5.32. The number of nitrogens with one attached hydrogen (secondary N) is 2. The fourth-order valence-corrected chi connectivity index (χ4v) is 1.51. The fourth-order valence-electron chi connectivity index (χ4n) is 1.51. The van der Waals surface area contributed by atoms with Gasteiger partial charge in [0.2, 0.25) is 0 Å². The lowest BCUT2D eigenvalue weighted by atomic mass is 10.1. The molecule has 0 fully saturated rings. The van der Waals surface area contributed by atoms with Gasteiger partial charge in [-0.1, -0.05) is 12.1 Å². The molecule has 0 amide bonds. The van der Waals surface area contributed by atoms with E-state index in [1.165, 1.54) is 0 Å². The molecule has 0 atom stereocenters. The summed E-state index contributed by atoms with van der Waals surface area (Å²) in [5.41, 5.74) is 2.04. The molecule has 3 heteroatoms. The van der Waals surface area contributed by atoms with E-state index < -0.39 is 0 Å². The summed E-state index contributed by atoms with van der Waals surface area (Å²) < 4.78 is 0. The van der Waals surface area contributed by atoms with Crippen molar-refractivity contribution in [1.82, 2.24) is 10.6 Å². The quantitative estimate of drug-likeness (QED) is 0.762. The van der Waals surface area contributed by atoms with Crippen LogP contribution in [-0.4, -0.2) is 18.6 Å². The fraction of sp³-hybridized carbons (Fsp3) is 0.500. The average molecular weight is 231 g/mol. The second kappa shape index (κ2) is 6.39. The van der Waals surface area contributed by atoms with Gasteiger partial charge in [-0.2, -0.15) is 5.26 Å². The lowest BCUT2D eigenvalue weighted by molar-refractivity contribution is 0.421.